The summed E-state index contributed by atoms with van der Waals surface area (Å²) in [5, 5.41) is 12.1. The molecular weight excluding hydrogens is 486 g/mol. The number of ketones is 1. The predicted molar refractivity (Wildman–Crippen MR) is 127 cm³/mol. The molecule has 1 atom stereocenters. The molecule has 0 bridgehead atoms. The summed E-state index contributed by atoms with van der Waals surface area (Å²) < 4.78 is 14.2. The maximum atomic E-state index is 13.7. The van der Waals surface area contributed by atoms with E-state index in [1.807, 2.05) is 0 Å². The SMILES string of the molecule is O=C1C(=O)N(c2nc3ccc(F)cc3s2)C(c2cccc(Cl)c2)C1=C(O)c1ccc(Cl)cc1. The molecule has 0 aliphatic carbocycles. The van der Waals surface area contributed by atoms with Crippen molar-refractivity contribution in [3.8, 4) is 0 Å². The van der Waals surface area contributed by atoms with Gasteiger partial charge in [0.25, 0.3) is 5.78 Å². The van der Waals surface area contributed by atoms with E-state index in [1.165, 1.54) is 23.1 Å². The van der Waals surface area contributed by atoms with Crippen LogP contribution in [0.1, 0.15) is 17.2 Å². The first-order valence-corrected chi connectivity index (χ1v) is 11.3. The molecule has 1 amide bonds. The molecule has 1 unspecified atom stereocenters. The number of aliphatic hydroxyl groups is 1. The van der Waals surface area contributed by atoms with Gasteiger partial charge >= 0.3 is 5.91 Å². The van der Waals surface area contributed by atoms with Gasteiger partial charge in [0, 0.05) is 15.6 Å². The molecule has 9 heteroatoms. The molecule has 33 heavy (non-hydrogen) atoms. The highest BCUT2D eigenvalue weighted by atomic mass is 35.5. The lowest BCUT2D eigenvalue weighted by Gasteiger charge is -2.23. The number of thiazole rings is 1. The van der Waals surface area contributed by atoms with E-state index >= 15 is 0 Å². The van der Waals surface area contributed by atoms with E-state index in [9.17, 15) is 19.1 Å². The Balaban J connectivity index is 1.74. The Morgan fingerprint density at radius 3 is 2.48 bits per heavy atom. The van der Waals surface area contributed by atoms with Crippen molar-refractivity contribution in [2.75, 3.05) is 4.90 Å². The number of hydrogen-bond acceptors (Lipinski definition) is 5. The number of carbonyl (C=O) groups is 2. The summed E-state index contributed by atoms with van der Waals surface area (Å²) in [5.74, 6) is -2.49. The van der Waals surface area contributed by atoms with Gasteiger partial charge in [0.05, 0.1) is 21.8 Å². The fourth-order valence-electron chi connectivity index (χ4n) is 3.77. The largest absolute Gasteiger partial charge is 0.507 e. The molecule has 4 aromatic rings. The smallest absolute Gasteiger partial charge is 0.301 e. The van der Waals surface area contributed by atoms with Crippen molar-refractivity contribution in [2.24, 2.45) is 0 Å². The fraction of sp³-hybridized carbons (Fsp3) is 0.0417. The maximum absolute atomic E-state index is 13.7. The van der Waals surface area contributed by atoms with Gasteiger partial charge in [-0.05, 0) is 60.2 Å². The van der Waals surface area contributed by atoms with Crippen LogP contribution in [0.25, 0.3) is 16.0 Å². The Morgan fingerprint density at radius 1 is 1.00 bits per heavy atom. The molecule has 3 aromatic carbocycles. The van der Waals surface area contributed by atoms with E-state index in [4.69, 9.17) is 23.2 Å². The van der Waals surface area contributed by atoms with Crippen LogP contribution in [0.15, 0.2) is 72.3 Å². The number of fused-ring (bicyclic) bond motifs is 1. The lowest BCUT2D eigenvalue weighted by atomic mass is 9.95. The highest BCUT2D eigenvalue weighted by Crippen LogP contribution is 2.44. The van der Waals surface area contributed by atoms with Gasteiger partial charge < -0.3 is 5.11 Å². The highest BCUT2D eigenvalue weighted by Gasteiger charge is 2.48. The van der Waals surface area contributed by atoms with E-state index in [0.717, 1.165) is 11.3 Å². The van der Waals surface area contributed by atoms with Gasteiger partial charge in [-0.3, -0.25) is 14.5 Å². The Kier molecular flexibility index (Phi) is 5.40. The van der Waals surface area contributed by atoms with E-state index < -0.39 is 23.5 Å². The zero-order valence-electron chi connectivity index (χ0n) is 16.6. The van der Waals surface area contributed by atoms with E-state index in [2.05, 4.69) is 4.98 Å². The summed E-state index contributed by atoms with van der Waals surface area (Å²) in [7, 11) is 0. The minimum absolute atomic E-state index is 0.102. The van der Waals surface area contributed by atoms with Gasteiger partial charge in [-0.1, -0.05) is 46.7 Å². The Morgan fingerprint density at radius 2 is 1.76 bits per heavy atom. The first-order chi connectivity index (χ1) is 15.8. The zero-order chi connectivity index (χ0) is 23.3. The molecule has 0 spiro atoms. The van der Waals surface area contributed by atoms with Crippen LogP contribution in [0.5, 0.6) is 0 Å². The summed E-state index contributed by atoms with van der Waals surface area (Å²) in [6, 6.07) is 16.0. The van der Waals surface area contributed by atoms with Crippen molar-refractivity contribution >= 4 is 67.3 Å². The number of aromatic nitrogens is 1. The third-order valence-electron chi connectivity index (χ3n) is 5.27. The summed E-state index contributed by atoms with van der Waals surface area (Å²) in [6.07, 6.45) is 0. The second-order valence-electron chi connectivity index (χ2n) is 7.34. The third kappa shape index (κ3) is 3.78. The zero-order valence-corrected chi connectivity index (χ0v) is 19.0. The van der Waals surface area contributed by atoms with Gasteiger partial charge in [0.15, 0.2) is 5.13 Å². The van der Waals surface area contributed by atoms with Crippen LogP contribution in [0, 0.1) is 5.82 Å². The molecule has 5 nitrogen and oxygen atoms in total. The first-order valence-electron chi connectivity index (χ1n) is 9.72. The molecular formula is C24H13Cl2FN2O3S. The second kappa shape index (κ2) is 8.26. The van der Waals surface area contributed by atoms with E-state index in [0.29, 0.717) is 31.4 Å². The van der Waals surface area contributed by atoms with Gasteiger partial charge in [-0.2, -0.15) is 0 Å². The van der Waals surface area contributed by atoms with Gasteiger partial charge in [-0.25, -0.2) is 9.37 Å². The minimum Gasteiger partial charge on any atom is -0.507 e. The molecule has 1 N–H and O–H groups in total. The molecule has 1 aliphatic rings. The topological polar surface area (TPSA) is 70.5 Å². The first kappa shape index (κ1) is 21.6. The van der Waals surface area contributed by atoms with Crippen molar-refractivity contribution in [1.29, 1.82) is 0 Å². The quantitative estimate of drug-likeness (QED) is 0.202. The number of hydrogen-bond donors (Lipinski definition) is 1. The molecule has 164 valence electrons. The summed E-state index contributed by atoms with van der Waals surface area (Å²) in [6.45, 7) is 0. The van der Waals surface area contributed by atoms with E-state index in [-0.39, 0.29) is 16.5 Å². The molecule has 5 rings (SSSR count). The van der Waals surface area contributed by atoms with Crippen LogP contribution in [-0.2, 0) is 9.59 Å². The summed E-state index contributed by atoms with van der Waals surface area (Å²) in [5.41, 5.74) is 1.23. The molecule has 1 fully saturated rings. The number of benzene rings is 3. The minimum atomic E-state index is -0.982. The number of rotatable bonds is 3. The average molecular weight is 499 g/mol. The normalized spacial score (nSPS) is 17.8. The lowest BCUT2D eigenvalue weighted by molar-refractivity contribution is -0.132. The summed E-state index contributed by atoms with van der Waals surface area (Å²) in [4.78, 5) is 32.0. The fourth-order valence-corrected chi connectivity index (χ4v) is 5.12. The Labute approximate surface area is 201 Å². The van der Waals surface area contributed by atoms with Crippen molar-refractivity contribution in [2.45, 2.75) is 6.04 Å². The Bertz CT molecular complexity index is 1470. The molecule has 1 saturated heterocycles. The molecule has 0 radical (unpaired) electrons. The van der Waals surface area contributed by atoms with Crippen LogP contribution in [0.4, 0.5) is 9.52 Å². The van der Waals surface area contributed by atoms with Gasteiger partial charge in [0.1, 0.15) is 11.6 Å². The monoisotopic (exact) mass is 498 g/mol. The number of anilines is 1. The number of halogens is 3. The number of aliphatic hydroxyl groups excluding tert-OH is 1. The van der Waals surface area contributed by atoms with Crippen molar-refractivity contribution in [3.63, 3.8) is 0 Å². The Hall–Kier alpha value is -3.26. The van der Waals surface area contributed by atoms with Crippen molar-refractivity contribution in [3.05, 3.63) is 99.3 Å². The van der Waals surface area contributed by atoms with Crippen molar-refractivity contribution in [1.82, 2.24) is 4.98 Å². The molecule has 1 aliphatic heterocycles. The van der Waals surface area contributed by atoms with Crippen LogP contribution < -0.4 is 4.90 Å². The number of amides is 1. The summed E-state index contributed by atoms with van der Waals surface area (Å²) >= 11 is 13.2. The van der Waals surface area contributed by atoms with Crippen LogP contribution in [0.2, 0.25) is 10.0 Å². The lowest BCUT2D eigenvalue weighted by Crippen LogP contribution is -2.29. The van der Waals surface area contributed by atoms with Crippen molar-refractivity contribution < 1.29 is 19.1 Å². The molecule has 0 saturated carbocycles. The number of carbonyl (C=O) groups excluding carboxylic acids is 2. The number of Topliss-reactive ketones (excluding diaryl/α,β-unsaturated/α-hetero) is 1. The van der Waals surface area contributed by atoms with Crippen LogP contribution in [0.3, 0.4) is 0 Å². The predicted octanol–water partition coefficient (Wildman–Crippen LogP) is 6.37. The third-order valence-corrected chi connectivity index (χ3v) is 6.78. The van der Waals surface area contributed by atoms with Crippen LogP contribution in [-0.4, -0.2) is 21.8 Å². The molecule has 1 aromatic heterocycles. The highest BCUT2D eigenvalue weighted by molar-refractivity contribution is 7.22. The number of nitrogens with zero attached hydrogens (tertiary/aromatic N) is 2. The molecule has 2 heterocycles. The van der Waals surface area contributed by atoms with E-state index in [1.54, 1.807) is 48.5 Å². The maximum Gasteiger partial charge on any atom is 0.301 e. The average Bonchev–Trinajstić information content (AvgIpc) is 3.32. The van der Waals surface area contributed by atoms with Crippen LogP contribution >= 0.6 is 34.5 Å². The van der Waals surface area contributed by atoms with Gasteiger partial charge in [0.2, 0.25) is 0 Å². The standard InChI is InChI=1S/C24H13Cl2FN2O3S/c25-14-6-4-12(5-7-14)21(30)19-20(13-2-1-3-15(26)10-13)29(23(32)22(19)31)24-28-17-9-8-16(27)11-18(17)33-24/h1-11,20,30H. The second-order valence-corrected chi connectivity index (χ2v) is 9.22. The van der Waals surface area contributed by atoms with Gasteiger partial charge in [-0.15, -0.1) is 0 Å².